The van der Waals surface area contributed by atoms with Crippen molar-refractivity contribution in [3.8, 4) is 11.8 Å². The first-order valence-corrected chi connectivity index (χ1v) is 8.59. The molecular weight excluding hydrogens is 300 g/mol. The maximum Gasteiger partial charge on any atom is 0.174 e. The molecule has 0 atom stereocenters. The highest BCUT2D eigenvalue weighted by Gasteiger charge is 2.17. The zero-order valence-corrected chi connectivity index (χ0v) is 14.0. The van der Waals surface area contributed by atoms with Crippen molar-refractivity contribution in [2.24, 2.45) is 0 Å². The first-order valence-electron chi connectivity index (χ1n) is 8.59. The number of aryl methyl sites for hydroxylation is 1. The van der Waals surface area contributed by atoms with Crippen LogP contribution in [0.5, 0.6) is 5.75 Å². The molecule has 2 aromatic rings. The predicted molar refractivity (Wildman–Crippen MR) is 93.3 cm³/mol. The first kappa shape index (κ1) is 16.3. The zero-order chi connectivity index (χ0) is 16.8. The van der Waals surface area contributed by atoms with E-state index in [9.17, 15) is 5.26 Å². The van der Waals surface area contributed by atoms with E-state index >= 15 is 0 Å². The van der Waals surface area contributed by atoms with Gasteiger partial charge in [0.05, 0.1) is 12.2 Å². The van der Waals surface area contributed by atoms with E-state index in [1.54, 1.807) is 0 Å². The third-order valence-electron chi connectivity index (χ3n) is 4.13. The van der Waals surface area contributed by atoms with Crippen molar-refractivity contribution in [2.75, 3.05) is 6.61 Å². The first-order chi connectivity index (χ1) is 11.8. The number of ether oxygens (including phenoxy) is 1. The van der Waals surface area contributed by atoms with E-state index < -0.39 is 0 Å². The van der Waals surface area contributed by atoms with Gasteiger partial charge in [0.2, 0.25) is 0 Å². The minimum atomic E-state index is 0.554. The zero-order valence-electron chi connectivity index (χ0n) is 14.0. The van der Waals surface area contributed by atoms with Gasteiger partial charge in [0.15, 0.2) is 5.82 Å². The minimum Gasteiger partial charge on any atom is -0.494 e. The molecule has 1 aliphatic heterocycles. The third kappa shape index (κ3) is 3.65. The third-order valence-corrected chi connectivity index (χ3v) is 4.13. The maximum atomic E-state index is 9.58. The molecule has 1 aromatic heterocycles. The van der Waals surface area contributed by atoms with Crippen LogP contribution in [0.2, 0.25) is 0 Å². The lowest BCUT2D eigenvalue weighted by atomic mass is 10.1. The van der Waals surface area contributed by atoms with Crippen LogP contribution in [-0.2, 0) is 13.0 Å². The standard InChI is InChI=1S/C19H22N4O/c1-2-12-24-17-9-7-15(8-10-17)13-16(14-20)19-22-21-18-6-4-3-5-11-23(18)19/h7-10,13H,2-6,11-12H2,1H3/b16-13-. The van der Waals surface area contributed by atoms with E-state index in [2.05, 4.69) is 27.8 Å². The number of nitriles is 1. The van der Waals surface area contributed by atoms with Gasteiger partial charge in [0.1, 0.15) is 17.6 Å². The second kappa shape index (κ2) is 7.78. The highest BCUT2D eigenvalue weighted by Crippen LogP contribution is 2.22. The molecule has 3 rings (SSSR count). The van der Waals surface area contributed by atoms with Crippen LogP contribution in [0.15, 0.2) is 24.3 Å². The summed E-state index contributed by atoms with van der Waals surface area (Å²) in [4.78, 5) is 0. The van der Waals surface area contributed by atoms with Crippen LogP contribution in [0.4, 0.5) is 0 Å². The summed E-state index contributed by atoms with van der Waals surface area (Å²) < 4.78 is 7.69. The molecule has 5 heteroatoms. The molecular formula is C19H22N4O. The molecule has 0 saturated heterocycles. The highest BCUT2D eigenvalue weighted by molar-refractivity contribution is 5.87. The Morgan fingerprint density at radius 3 is 2.83 bits per heavy atom. The molecule has 0 fully saturated rings. The normalized spacial score (nSPS) is 14.6. The summed E-state index contributed by atoms with van der Waals surface area (Å²) in [6.07, 6.45) is 7.25. The van der Waals surface area contributed by atoms with E-state index in [4.69, 9.17) is 4.74 Å². The lowest BCUT2D eigenvalue weighted by molar-refractivity contribution is 0.317. The van der Waals surface area contributed by atoms with Crippen LogP contribution >= 0.6 is 0 Å². The summed E-state index contributed by atoms with van der Waals surface area (Å²) in [5.41, 5.74) is 1.51. The molecule has 0 amide bonds. The van der Waals surface area contributed by atoms with Gasteiger partial charge >= 0.3 is 0 Å². The highest BCUT2D eigenvalue weighted by atomic mass is 16.5. The number of nitrogens with zero attached hydrogens (tertiary/aromatic N) is 4. The predicted octanol–water partition coefficient (Wildman–Crippen LogP) is 3.86. The number of allylic oxidation sites excluding steroid dienone is 1. The summed E-state index contributed by atoms with van der Waals surface area (Å²) in [6.45, 7) is 3.68. The molecule has 0 aliphatic carbocycles. The van der Waals surface area contributed by atoms with Gasteiger partial charge in [0.25, 0.3) is 0 Å². The number of aromatic nitrogens is 3. The number of hydrogen-bond acceptors (Lipinski definition) is 4. The Bertz CT molecular complexity index is 753. The van der Waals surface area contributed by atoms with E-state index in [0.29, 0.717) is 18.0 Å². The molecule has 124 valence electrons. The molecule has 1 aliphatic rings. The fraction of sp³-hybridized carbons (Fsp3) is 0.421. The summed E-state index contributed by atoms with van der Waals surface area (Å²) in [5.74, 6) is 2.52. The van der Waals surface area contributed by atoms with Crippen LogP contribution < -0.4 is 4.74 Å². The Morgan fingerprint density at radius 2 is 2.08 bits per heavy atom. The van der Waals surface area contributed by atoms with Gasteiger partial charge < -0.3 is 9.30 Å². The number of rotatable bonds is 5. The average molecular weight is 322 g/mol. The summed E-state index contributed by atoms with van der Waals surface area (Å²) in [5, 5.41) is 18.1. The van der Waals surface area contributed by atoms with E-state index in [1.165, 1.54) is 6.42 Å². The van der Waals surface area contributed by atoms with Crippen molar-refractivity contribution < 1.29 is 4.74 Å². The SMILES string of the molecule is CCCOc1ccc(/C=C(/C#N)c2nnc3n2CCCCC3)cc1. The van der Waals surface area contributed by atoms with Crippen molar-refractivity contribution in [3.05, 3.63) is 41.5 Å². The van der Waals surface area contributed by atoms with Gasteiger partial charge in [0, 0.05) is 13.0 Å². The maximum absolute atomic E-state index is 9.58. The fourth-order valence-corrected chi connectivity index (χ4v) is 2.88. The molecule has 0 N–H and O–H groups in total. The van der Waals surface area contributed by atoms with Crippen LogP contribution in [0.1, 0.15) is 49.8 Å². The van der Waals surface area contributed by atoms with Crippen molar-refractivity contribution in [3.63, 3.8) is 0 Å². The van der Waals surface area contributed by atoms with Gasteiger partial charge in [-0.15, -0.1) is 10.2 Å². The van der Waals surface area contributed by atoms with Gasteiger partial charge in [-0.2, -0.15) is 5.26 Å². The van der Waals surface area contributed by atoms with Crippen LogP contribution in [-0.4, -0.2) is 21.4 Å². The molecule has 24 heavy (non-hydrogen) atoms. The summed E-state index contributed by atoms with van der Waals surface area (Å²) in [6, 6.07) is 10.1. The molecule has 5 nitrogen and oxygen atoms in total. The molecule has 0 bridgehead atoms. The average Bonchev–Trinajstić information content (AvgIpc) is 2.86. The topological polar surface area (TPSA) is 63.7 Å². The number of hydrogen-bond donors (Lipinski definition) is 0. The fourth-order valence-electron chi connectivity index (χ4n) is 2.88. The monoisotopic (exact) mass is 322 g/mol. The van der Waals surface area contributed by atoms with Crippen molar-refractivity contribution in [1.29, 1.82) is 5.26 Å². The molecule has 0 radical (unpaired) electrons. The lowest BCUT2D eigenvalue weighted by Gasteiger charge is -2.06. The molecule has 0 saturated carbocycles. The van der Waals surface area contributed by atoms with Crippen LogP contribution in [0, 0.1) is 11.3 Å². The Kier molecular flexibility index (Phi) is 5.27. The van der Waals surface area contributed by atoms with Crippen molar-refractivity contribution >= 4 is 11.6 Å². The van der Waals surface area contributed by atoms with E-state index in [1.807, 2.05) is 30.3 Å². The summed E-state index contributed by atoms with van der Waals surface area (Å²) >= 11 is 0. The Balaban J connectivity index is 1.85. The Labute approximate surface area is 142 Å². The Morgan fingerprint density at radius 1 is 1.25 bits per heavy atom. The largest absolute Gasteiger partial charge is 0.494 e. The minimum absolute atomic E-state index is 0.554. The van der Waals surface area contributed by atoms with Gasteiger partial charge in [-0.25, -0.2) is 0 Å². The van der Waals surface area contributed by atoms with Gasteiger partial charge in [-0.3, -0.25) is 0 Å². The molecule has 1 aromatic carbocycles. The van der Waals surface area contributed by atoms with Crippen molar-refractivity contribution in [2.45, 2.75) is 45.6 Å². The van der Waals surface area contributed by atoms with E-state index in [-0.39, 0.29) is 0 Å². The molecule has 0 unspecified atom stereocenters. The lowest BCUT2D eigenvalue weighted by Crippen LogP contribution is -2.05. The number of fused-ring (bicyclic) bond motifs is 1. The quantitative estimate of drug-likeness (QED) is 0.784. The second-order valence-electron chi connectivity index (χ2n) is 5.99. The molecule has 2 heterocycles. The smallest absolute Gasteiger partial charge is 0.174 e. The van der Waals surface area contributed by atoms with Crippen LogP contribution in [0.25, 0.3) is 11.6 Å². The van der Waals surface area contributed by atoms with Gasteiger partial charge in [-0.1, -0.05) is 25.5 Å². The molecule has 0 spiro atoms. The van der Waals surface area contributed by atoms with Crippen LogP contribution in [0.3, 0.4) is 0 Å². The van der Waals surface area contributed by atoms with Crippen molar-refractivity contribution in [1.82, 2.24) is 14.8 Å². The summed E-state index contributed by atoms with van der Waals surface area (Å²) in [7, 11) is 0. The van der Waals surface area contributed by atoms with E-state index in [0.717, 1.165) is 49.4 Å². The number of benzene rings is 1. The second-order valence-corrected chi connectivity index (χ2v) is 5.99. The van der Waals surface area contributed by atoms with Gasteiger partial charge in [-0.05, 0) is 43.0 Å². The Hall–Kier alpha value is -2.61.